The number of urea groups is 1. The SMILES string of the molecule is C=CCc1cc(/C=C2/C(=O)NC(=O)N(c3ccc(CC)cc3)C2=O)cc(OC)c1OCc1ccc(Cl)cc1. The van der Waals surface area contributed by atoms with Gasteiger partial charge in [-0.2, -0.15) is 0 Å². The number of halogens is 1. The van der Waals surface area contributed by atoms with E-state index in [9.17, 15) is 14.4 Å². The number of carbonyl (C=O) groups excluding carboxylic acids is 3. The molecule has 1 aliphatic heterocycles. The van der Waals surface area contributed by atoms with Crippen LogP contribution in [0.3, 0.4) is 0 Å². The first-order valence-electron chi connectivity index (χ1n) is 12.0. The summed E-state index contributed by atoms with van der Waals surface area (Å²) in [5.41, 5.74) is 3.47. The Bertz CT molecular complexity index is 1410. The van der Waals surface area contributed by atoms with E-state index >= 15 is 0 Å². The van der Waals surface area contributed by atoms with Gasteiger partial charge in [-0.05, 0) is 72.0 Å². The normalized spacial score (nSPS) is 14.4. The van der Waals surface area contributed by atoms with Gasteiger partial charge in [0.05, 0.1) is 12.8 Å². The van der Waals surface area contributed by atoms with Crippen molar-refractivity contribution in [3.63, 3.8) is 0 Å². The van der Waals surface area contributed by atoms with Crippen molar-refractivity contribution in [3.8, 4) is 11.5 Å². The van der Waals surface area contributed by atoms with Gasteiger partial charge in [-0.1, -0.05) is 48.9 Å². The van der Waals surface area contributed by atoms with Gasteiger partial charge < -0.3 is 9.47 Å². The number of nitrogens with zero attached hydrogens (tertiary/aromatic N) is 1. The summed E-state index contributed by atoms with van der Waals surface area (Å²) in [7, 11) is 1.51. The Kier molecular flexibility index (Phi) is 8.28. The van der Waals surface area contributed by atoms with Gasteiger partial charge >= 0.3 is 6.03 Å². The minimum absolute atomic E-state index is 0.175. The number of methoxy groups -OCH3 is 1. The zero-order valence-corrected chi connectivity index (χ0v) is 21.9. The number of barbiturate groups is 1. The molecule has 0 aromatic heterocycles. The third-order valence-electron chi connectivity index (χ3n) is 6.05. The van der Waals surface area contributed by atoms with E-state index in [1.54, 1.807) is 42.5 Å². The predicted molar refractivity (Wildman–Crippen MR) is 148 cm³/mol. The zero-order chi connectivity index (χ0) is 27.2. The average molecular weight is 531 g/mol. The second-order valence-corrected chi connectivity index (χ2v) is 9.03. The molecule has 1 fully saturated rings. The van der Waals surface area contributed by atoms with Crippen LogP contribution in [-0.2, 0) is 29.0 Å². The standard InChI is InChI=1S/C30H27ClN2O5/c1-4-6-22-15-21(17-26(37-3)27(22)38-18-20-7-11-23(31)12-8-20)16-25-28(34)32-30(36)33(29(25)35)24-13-9-19(5-2)10-14-24/h4,7-17H,1,5-6,18H2,2-3H3,(H,32,34,36)/b25-16-. The smallest absolute Gasteiger partial charge is 0.335 e. The van der Waals surface area contributed by atoms with Crippen LogP contribution in [0, 0.1) is 0 Å². The number of amides is 4. The van der Waals surface area contributed by atoms with Crippen LogP contribution in [-0.4, -0.2) is 25.0 Å². The van der Waals surface area contributed by atoms with Crippen LogP contribution < -0.4 is 19.7 Å². The number of hydrogen-bond acceptors (Lipinski definition) is 5. The Morgan fingerprint density at radius 3 is 2.32 bits per heavy atom. The lowest BCUT2D eigenvalue weighted by molar-refractivity contribution is -0.122. The van der Waals surface area contributed by atoms with Crippen molar-refractivity contribution in [2.75, 3.05) is 12.0 Å². The highest BCUT2D eigenvalue weighted by Gasteiger charge is 2.36. The van der Waals surface area contributed by atoms with Gasteiger partial charge in [0.25, 0.3) is 11.8 Å². The number of aryl methyl sites for hydroxylation is 1. The lowest BCUT2D eigenvalue weighted by Gasteiger charge is -2.26. The molecule has 0 unspecified atom stereocenters. The summed E-state index contributed by atoms with van der Waals surface area (Å²) in [5, 5.41) is 2.89. The third kappa shape index (κ3) is 5.79. The van der Waals surface area contributed by atoms with E-state index in [0.29, 0.717) is 34.2 Å². The van der Waals surface area contributed by atoms with E-state index in [-0.39, 0.29) is 12.2 Å². The summed E-state index contributed by atoms with van der Waals surface area (Å²) in [4.78, 5) is 39.5. The fourth-order valence-electron chi connectivity index (χ4n) is 4.06. The van der Waals surface area contributed by atoms with Crippen molar-refractivity contribution in [2.45, 2.75) is 26.4 Å². The largest absolute Gasteiger partial charge is 0.493 e. The van der Waals surface area contributed by atoms with Crippen molar-refractivity contribution < 1.29 is 23.9 Å². The van der Waals surface area contributed by atoms with Crippen molar-refractivity contribution in [2.24, 2.45) is 0 Å². The fraction of sp³-hybridized carbons (Fsp3) is 0.167. The first-order chi connectivity index (χ1) is 18.3. The third-order valence-corrected chi connectivity index (χ3v) is 6.30. The molecule has 4 rings (SSSR count). The Morgan fingerprint density at radius 2 is 1.68 bits per heavy atom. The first-order valence-corrected chi connectivity index (χ1v) is 12.4. The molecule has 7 nitrogen and oxygen atoms in total. The van der Waals surface area contributed by atoms with Crippen LogP contribution in [0.4, 0.5) is 10.5 Å². The Morgan fingerprint density at radius 1 is 1.00 bits per heavy atom. The van der Waals surface area contributed by atoms with E-state index in [4.69, 9.17) is 21.1 Å². The lowest BCUT2D eigenvalue weighted by atomic mass is 10.0. The Balaban J connectivity index is 1.68. The Labute approximate surface area is 226 Å². The Hall–Kier alpha value is -4.36. The number of imide groups is 2. The van der Waals surface area contributed by atoms with Crippen molar-refractivity contribution in [3.05, 3.63) is 106 Å². The first kappa shape index (κ1) is 26.7. The number of allylic oxidation sites excluding steroid dienone is 1. The molecule has 8 heteroatoms. The van der Waals surface area contributed by atoms with Crippen molar-refractivity contribution in [1.29, 1.82) is 0 Å². The van der Waals surface area contributed by atoms with Crippen LogP contribution in [0.15, 0.2) is 78.9 Å². The molecule has 1 heterocycles. The zero-order valence-electron chi connectivity index (χ0n) is 21.1. The van der Waals surface area contributed by atoms with E-state index in [2.05, 4.69) is 11.9 Å². The molecule has 3 aromatic carbocycles. The van der Waals surface area contributed by atoms with Crippen molar-refractivity contribution >= 4 is 41.2 Å². The summed E-state index contributed by atoms with van der Waals surface area (Å²) in [5.74, 6) is -0.530. The van der Waals surface area contributed by atoms with Gasteiger partial charge in [0.1, 0.15) is 12.2 Å². The molecule has 3 aromatic rings. The summed E-state index contributed by atoms with van der Waals surface area (Å²) >= 11 is 5.97. The maximum atomic E-state index is 13.3. The molecule has 4 amide bonds. The lowest BCUT2D eigenvalue weighted by Crippen LogP contribution is -2.54. The highest BCUT2D eigenvalue weighted by atomic mass is 35.5. The minimum atomic E-state index is -0.794. The molecular weight excluding hydrogens is 504 g/mol. The molecule has 0 atom stereocenters. The number of nitrogens with one attached hydrogen (secondary N) is 1. The van der Waals surface area contributed by atoms with E-state index < -0.39 is 17.8 Å². The van der Waals surface area contributed by atoms with Crippen molar-refractivity contribution in [1.82, 2.24) is 5.32 Å². The summed E-state index contributed by atoms with van der Waals surface area (Å²) in [6, 6.07) is 17.0. The molecule has 1 saturated heterocycles. The number of anilines is 1. The molecule has 38 heavy (non-hydrogen) atoms. The van der Waals surface area contributed by atoms with E-state index in [1.807, 2.05) is 31.2 Å². The highest BCUT2D eigenvalue weighted by molar-refractivity contribution is 6.39. The van der Waals surface area contributed by atoms with E-state index in [0.717, 1.165) is 28.0 Å². The molecule has 0 radical (unpaired) electrons. The quantitative estimate of drug-likeness (QED) is 0.212. The maximum Gasteiger partial charge on any atom is 0.335 e. The summed E-state index contributed by atoms with van der Waals surface area (Å²) in [6.45, 7) is 6.12. The van der Waals surface area contributed by atoms with Crippen LogP contribution in [0.5, 0.6) is 11.5 Å². The molecule has 1 N–H and O–H groups in total. The topological polar surface area (TPSA) is 84.9 Å². The predicted octanol–water partition coefficient (Wildman–Crippen LogP) is 5.88. The molecule has 0 bridgehead atoms. The van der Waals surface area contributed by atoms with E-state index in [1.165, 1.54) is 13.2 Å². The molecule has 1 aliphatic rings. The van der Waals surface area contributed by atoms with Gasteiger partial charge in [-0.15, -0.1) is 6.58 Å². The fourth-order valence-corrected chi connectivity index (χ4v) is 4.19. The molecule has 0 saturated carbocycles. The molecule has 0 aliphatic carbocycles. The average Bonchev–Trinajstić information content (AvgIpc) is 2.91. The van der Waals surface area contributed by atoms with Gasteiger partial charge in [0, 0.05) is 10.6 Å². The summed E-state index contributed by atoms with van der Waals surface area (Å²) < 4.78 is 11.7. The highest BCUT2D eigenvalue weighted by Crippen LogP contribution is 2.35. The number of rotatable bonds is 9. The molecule has 0 spiro atoms. The minimum Gasteiger partial charge on any atom is -0.493 e. The summed E-state index contributed by atoms with van der Waals surface area (Å²) in [6.07, 6.45) is 4.44. The maximum absolute atomic E-state index is 13.3. The number of hydrogen-bond donors (Lipinski definition) is 1. The van der Waals surface area contributed by atoms with Crippen LogP contribution in [0.1, 0.15) is 29.2 Å². The number of carbonyl (C=O) groups is 3. The van der Waals surface area contributed by atoms with Crippen LogP contribution in [0.2, 0.25) is 5.02 Å². The number of ether oxygens (including phenoxy) is 2. The van der Waals surface area contributed by atoms with Gasteiger partial charge in [-0.25, -0.2) is 9.69 Å². The van der Waals surface area contributed by atoms with Crippen LogP contribution in [0.25, 0.3) is 6.08 Å². The second kappa shape index (κ2) is 11.8. The molecule has 194 valence electrons. The second-order valence-electron chi connectivity index (χ2n) is 8.60. The van der Waals surface area contributed by atoms with Crippen LogP contribution >= 0.6 is 11.6 Å². The van der Waals surface area contributed by atoms with Gasteiger partial charge in [0.15, 0.2) is 11.5 Å². The number of benzene rings is 3. The van der Waals surface area contributed by atoms with Gasteiger partial charge in [-0.3, -0.25) is 14.9 Å². The molecular formula is C30H27ClN2O5. The monoisotopic (exact) mass is 530 g/mol. The van der Waals surface area contributed by atoms with Gasteiger partial charge in [0.2, 0.25) is 0 Å².